The van der Waals surface area contributed by atoms with Crippen molar-refractivity contribution in [2.45, 2.75) is 46.4 Å². The van der Waals surface area contributed by atoms with Gasteiger partial charge in [0.1, 0.15) is 5.75 Å². The standard InChI is InChI=1S/C15H22F2N2O2.ClH/c1-9(19-13(20)12(18)15(2,3)4)10-7-5-6-8-11(10)21-14(16)17;/h5-9,12,14H,18H2,1-4H3,(H,19,20);1H/t9?,12-;/m1./s1. The predicted octanol–water partition coefficient (Wildman–Crippen LogP) is 3.26. The Labute approximate surface area is 135 Å². The number of halogens is 3. The van der Waals surface area contributed by atoms with Crippen LogP contribution in [0.2, 0.25) is 0 Å². The number of hydrogen-bond acceptors (Lipinski definition) is 3. The Bertz CT molecular complexity index is 493. The Morgan fingerprint density at radius 2 is 1.82 bits per heavy atom. The summed E-state index contributed by atoms with van der Waals surface area (Å²) in [6.07, 6.45) is 0. The van der Waals surface area contributed by atoms with Crippen molar-refractivity contribution < 1.29 is 18.3 Å². The molecule has 0 aliphatic carbocycles. The Balaban J connectivity index is 0.00000441. The molecule has 3 N–H and O–H groups in total. The number of ether oxygens (including phenoxy) is 1. The van der Waals surface area contributed by atoms with Gasteiger partial charge in [-0.25, -0.2) is 0 Å². The minimum Gasteiger partial charge on any atom is -0.434 e. The summed E-state index contributed by atoms with van der Waals surface area (Å²) in [5, 5.41) is 2.73. The second-order valence-corrected chi connectivity index (χ2v) is 5.99. The molecule has 1 unspecified atom stereocenters. The molecular weight excluding hydrogens is 314 g/mol. The number of nitrogens with one attached hydrogen (secondary N) is 1. The molecular formula is C15H23ClF2N2O2. The summed E-state index contributed by atoms with van der Waals surface area (Å²) in [4.78, 5) is 12.1. The minimum atomic E-state index is -2.91. The molecule has 0 aromatic heterocycles. The fourth-order valence-corrected chi connectivity index (χ4v) is 1.82. The van der Waals surface area contributed by atoms with Crippen LogP contribution < -0.4 is 15.8 Å². The summed E-state index contributed by atoms with van der Waals surface area (Å²) >= 11 is 0. The smallest absolute Gasteiger partial charge is 0.387 e. The first-order valence-corrected chi connectivity index (χ1v) is 6.72. The van der Waals surface area contributed by atoms with Crippen molar-refractivity contribution in [1.82, 2.24) is 5.32 Å². The van der Waals surface area contributed by atoms with Gasteiger partial charge in [-0.15, -0.1) is 12.4 Å². The number of amides is 1. The first-order chi connectivity index (χ1) is 9.62. The van der Waals surface area contributed by atoms with Crippen LogP contribution in [0.15, 0.2) is 24.3 Å². The summed E-state index contributed by atoms with van der Waals surface area (Å²) in [7, 11) is 0. The van der Waals surface area contributed by atoms with Gasteiger partial charge in [-0.1, -0.05) is 39.0 Å². The maximum atomic E-state index is 12.4. The van der Waals surface area contributed by atoms with E-state index in [1.807, 2.05) is 20.8 Å². The number of rotatable bonds is 5. The normalized spacial score (nSPS) is 14.0. The number of alkyl halides is 2. The fourth-order valence-electron chi connectivity index (χ4n) is 1.82. The van der Waals surface area contributed by atoms with E-state index in [0.29, 0.717) is 5.56 Å². The highest BCUT2D eigenvalue weighted by molar-refractivity contribution is 5.85. The van der Waals surface area contributed by atoms with E-state index >= 15 is 0 Å². The summed E-state index contributed by atoms with van der Waals surface area (Å²) in [5.41, 5.74) is 5.97. The summed E-state index contributed by atoms with van der Waals surface area (Å²) < 4.78 is 29.2. The van der Waals surface area contributed by atoms with Gasteiger partial charge < -0.3 is 15.8 Å². The van der Waals surface area contributed by atoms with Crippen LogP contribution in [-0.4, -0.2) is 18.6 Å². The number of carbonyl (C=O) groups excluding carboxylic acids is 1. The lowest BCUT2D eigenvalue weighted by molar-refractivity contribution is -0.125. The molecule has 1 aromatic rings. The molecule has 0 bridgehead atoms. The number of carbonyl (C=O) groups is 1. The van der Waals surface area contributed by atoms with Crippen LogP contribution in [-0.2, 0) is 4.79 Å². The number of benzene rings is 1. The largest absolute Gasteiger partial charge is 0.434 e. The third-order valence-electron chi connectivity index (χ3n) is 3.18. The van der Waals surface area contributed by atoms with E-state index in [1.165, 1.54) is 6.07 Å². The Morgan fingerprint density at radius 1 is 1.27 bits per heavy atom. The Hall–Kier alpha value is -1.40. The first kappa shape index (κ1) is 20.6. The average molecular weight is 337 g/mol. The predicted molar refractivity (Wildman–Crippen MR) is 84.3 cm³/mol. The van der Waals surface area contributed by atoms with Gasteiger partial charge >= 0.3 is 6.61 Å². The van der Waals surface area contributed by atoms with Crippen molar-refractivity contribution in [3.05, 3.63) is 29.8 Å². The molecule has 22 heavy (non-hydrogen) atoms. The lowest BCUT2D eigenvalue weighted by Gasteiger charge is -2.27. The van der Waals surface area contributed by atoms with Gasteiger partial charge in [0.15, 0.2) is 0 Å². The minimum absolute atomic E-state index is 0. The van der Waals surface area contributed by atoms with Crippen molar-refractivity contribution in [3.63, 3.8) is 0 Å². The number of nitrogens with two attached hydrogens (primary N) is 1. The monoisotopic (exact) mass is 336 g/mol. The van der Waals surface area contributed by atoms with Crippen molar-refractivity contribution in [2.75, 3.05) is 0 Å². The molecule has 1 rings (SSSR count). The van der Waals surface area contributed by atoms with Crippen LogP contribution >= 0.6 is 12.4 Å². The van der Waals surface area contributed by atoms with Crippen molar-refractivity contribution in [2.24, 2.45) is 11.1 Å². The van der Waals surface area contributed by atoms with Gasteiger partial charge in [-0.2, -0.15) is 8.78 Å². The van der Waals surface area contributed by atoms with E-state index in [4.69, 9.17) is 5.73 Å². The highest BCUT2D eigenvalue weighted by Gasteiger charge is 2.28. The summed E-state index contributed by atoms with van der Waals surface area (Å²) in [6, 6.07) is 5.18. The van der Waals surface area contributed by atoms with Crippen LogP contribution in [0, 0.1) is 5.41 Å². The molecule has 0 spiro atoms. The zero-order chi connectivity index (χ0) is 16.2. The third kappa shape index (κ3) is 5.77. The zero-order valence-electron chi connectivity index (χ0n) is 13.1. The SMILES string of the molecule is CC(NC(=O)[C@@H](N)C(C)(C)C)c1ccccc1OC(F)F.Cl. The van der Waals surface area contributed by atoms with E-state index in [0.717, 1.165) is 0 Å². The molecule has 7 heteroatoms. The molecule has 1 aromatic carbocycles. The lowest BCUT2D eigenvalue weighted by Crippen LogP contribution is -2.49. The second kappa shape index (κ2) is 8.29. The average Bonchev–Trinajstić information content (AvgIpc) is 2.36. The highest BCUT2D eigenvalue weighted by Crippen LogP contribution is 2.27. The molecule has 0 aliphatic heterocycles. The summed E-state index contributed by atoms with van der Waals surface area (Å²) in [5.74, 6) is -0.286. The van der Waals surface area contributed by atoms with E-state index in [9.17, 15) is 13.6 Å². The van der Waals surface area contributed by atoms with Crippen LogP contribution in [0.5, 0.6) is 5.75 Å². The van der Waals surface area contributed by atoms with Crippen LogP contribution in [0.25, 0.3) is 0 Å². The molecule has 4 nitrogen and oxygen atoms in total. The molecule has 0 heterocycles. The topological polar surface area (TPSA) is 64.4 Å². The third-order valence-corrected chi connectivity index (χ3v) is 3.18. The van der Waals surface area contributed by atoms with Gasteiger partial charge in [0.25, 0.3) is 0 Å². The number of para-hydroxylation sites is 1. The molecule has 0 aliphatic rings. The van der Waals surface area contributed by atoms with Gasteiger partial charge in [0, 0.05) is 5.56 Å². The van der Waals surface area contributed by atoms with Crippen LogP contribution in [0.4, 0.5) is 8.78 Å². The van der Waals surface area contributed by atoms with Crippen LogP contribution in [0.1, 0.15) is 39.3 Å². The van der Waals surface area contributed by atoms with E-state index in [-0.39, 0.29) is 29.5 Å². The molecule has 0 saturated carbocycles. The molecule has 1 amide bonds. The Morgan fingerprint density at radius 3 is 2.32 bits per heavy atom. The highest BCUT2D eigenvalue weighted by atomic mass is 35.5. The van der Waals surface area contributed by atoms with Gasteiger partial charge in [0.2, 0.25) is 5.91 Å². The van der Waals surface area contributed by atoms with Crippen molar-refractivity contribution in [3.8, 4) is 5.75 Å². The molecule has 2 atom stereocenters. The fraction of sp³-hybridized carbons (Fsp3) is 0.533. The maximum absolute atomic E-state index is 12.4. The van der Waals surface area contributed by atoms with E-state index in [1.54, 1.807) is 25.1 Å². The first-order valence-electron chi connectivity index (χ1n) is 6.72. The zero-order valence-corrected chi connectivity index (χ0v) is 13.9. The molecule has 126 valence electrons. The maximum Gasteiger partial charge on any atom is 0.387 e. The van der Waals surface area contributed by atoms with Gasteiger partial charge in [-0.3, -0.25) is 4.79 Å². The summed E-state index contributed by atoms with van der Waals surface area (Å²) in [6.45, 7) is 4.35. The Kier molecular flexibility index (Phi) is 7.76. The van der Waals surface area contributed by atoms with Crippen molar-refractivity contribution >= 4 is 18.3 Å². The van der Waals surface area contributed by atoms with Crippen LogP contribution in [0.3, 0.4) is 0 Å². The number of hydrogen-bond donors (Lipinski definition) is 2. The second-order valence-electron chi connectivity index (χ2n) is 5.99. The quantitative estimate of drug-likeness (QED) is 0.867. The van der Waals surface area contributed by atoms with Gasteiger partial charge in [-0.05, 0) is 18.4 Å². The molecule has 0 saturated heterocycles. The van der Waals surface area contributed by atoms with Gasteiger partial charge in [0.05, 0.1) is 12.1 Å². The van der Waals surface area contributed by atoms with E-state index < -0.39 is 18.7 Å². The van der Waals surface area contributed by atoms with Crippen molar-refractivity contribution in [1.29, 1.82) is 0 Å². The molecule has 0 fully saturated rings. The lowest BCUT2D eigenvalue weighted by atomic mass is 9.86. The molecule has 0 radical (unpaired) electrons. The van der Waals surface area contributed by atoms with E-state index in [2.05, 4.69) is 10.1 Å².